The number of rotatable bonds is 11. The van der Waals surface area contributed by atoms with Crippen LogP contribution in [0.4, 0.5) is 11.4 Å². The van der Waals surface area contributed by atoms with Crippen LogP contribution >= 0.6 is 0 Å². The second kappa shape index (κ2) is 12.2. The normalized spacial score (nSPS) is 12.4. The third-order valence-corrected chi connectivity index (χ3v) is 5.80. The zero-order chi connectivity index (χ0) is 26.2. The number of amides is 2. The molecule has 1 aliphatic rings. The summed E-state index contributed by atoms with van der Waals surface area (Å²) in [5.41, 5.74) is 2.66. The van der Waals surface area contributed by atoms with Gasteiger partial charge >= 0.3 is 0 Å². The highest BCUT2D eigenvalue weighted by Gasteiger charge is 2.26. The van der Waals surface area contributed by atoms with Crippen LogP contribution in [0.2, 0.25) is 0 Å². The molecule has 3 aromatic rings. The summed E-state index contributed by atoms with van der Waals surface area (Å²) in [5, 5.41) is 2.92. The molecule has 8 nitrogen and oxygen atoms in total. The third kappa shape index (κ3) is 6.14. The Bertz CT molecular complexity index is 1220. The van der Waals surface area contributed by atoms with Gasteiger partial charge in [0, 0.05) is 17.8 Å². The first-order valence-electron chi connectivity index (χ1n) is 12.5. The second-order valence-corrected chi connectivity index (χ2v) is 8.31. The molecule has 0 saturated heterocycles. The number of fused-ring (bicyclic) bond motifs is 1. The Morgan fingerprint density at radius 3 is 2.24 bits per heavy atom. The maximum Gasteiger partial charge on any atom is 0.265 e. The first-order valence-corrected chi connectivity index (χ1v) is 12.5. The number of ether oxygens (including phenoxy) is 4. The largest absolute Gasteiger partial charge is 0.490 e. The summed E-state index contributed by atoms with van der Waals surface area (Å²) in [5.74, 6) is 1.49. The lowest BCUT2D eigenvalue weighted by Crippen LogP contribution is -2.40. The van der Waals surface area contributed by atoms with E-state index in [-0.39, 0.29) is 18.4 Å². The topological polar surface area (TPSA) is 86.3 Å². The van der Waals surface area contributed by atoms with E-state index in [9.17, 15) is 9.59 Å². The highest BCUT2D eigenvalue weighted by molar-refractivity contribution is 6.06. The Morgan fingerprint density at radius 1 is 0.919 bits per heavy atom. The Hall–Kier alpha value is -4.20. The van der Waals surface area contributed by atoms with Crippen molar-refractivity contribution in [2.45, 2.75) is 27.2 Å². The predicted octanol–water partition coefficient (Wildman–Crippen LogP) is 5.10. The lowest BCUT2D eigenvalue weighted by Gasteiger charge is -2.30. The van der Waals surface area contributed by atoms with E-state index in [0.717, 1.165) is 5.56 Å². The van der Waals surface area contributed by atoms with E-state index < -0.39 is 0 Å². The number of nitrogens with one attached hydrogen (secondary N) is 1. The lowest BCUT2D eigenvalue weighted by molar-refractivity contribution is -0.121. The van der Waals surface area contributed by atoms with Gasteiger partial charge in [0.2, 0.25) is 5.75 Å². The molecule has 37 heavy (non-hydrogen) atoms. The first-order chi connectivity index (χ1) is 18.0. The molecule has 0 radical (unpaired) electrons. The molecule has 194 valence electrons. The summed E-state index contributed by atoms with van der Waals surface area (Å²) in [7, 11) is 0. The van der Waals surface area contributed by atoms with Gasteiger partial charge in [0.25, 0.3) is 11.8 Å². The molecule has 0 atom stereocenters. The number of hydrogen-bond acceptors (Lipinski definition) is 6. The number of carbonyl (C=O) groups excluding carboxylic acids is 2. The molecule has 8 heteroatoms. The average molecular weight is 505 g/mol. The van der Waals surface area contributed by atoms with Gasteiger partial charge in [-0.2, -0.15) is 0 Å². The van der Waals surface area contributed by atoms with Gasteiger partial charge in [-0.25, -0.2) is 0 Å². The smallest absolute Gasteiger partial charge is 0.265 e. The fourth-order valence-electron chi connectivity index (χ4n) is 4.13. The molecule has 0 unspecified atom stereocenters. The van der Waals surface area contributed by atoms with E-state index in [2.05, 4.69) is 5.32 Å². The molecule has 1 heterocycles. The Labute approximate surface area is 217 Å². The SMILES string of the molecule is CCOc1cc(C(=O)Nc2ccc3c(c2)N(CCc2ccccc2)C(=O)CO3)cc(OCC)c1OCC. The fourth-order valence-corrected chi connectivity index (χ4v) is 4.13. The molecule has 4 rings (SSSR count). The van der Waals surface area contributed by atoms with Crippen LogP contribution in [0.5, 0.6) is 23.0 Å². The molecular formula is C29H32N2O6. The van der Waals surface area contributed by atoms with Crippen LogP contribution in [-0.4, -0.2) is 44.8 Å². The van der Waals surface area contributed by atoms with Crippen LogP contribution in [0.15, 0.2) is 60.7 Å². The van der Waals surface area contributed by atoms with Gasteiger partial charge in [-0.3, -0.25) is 9.59 Å². The number of hydrogen-bond donors (Lipinski definition) is 1. The zero-order valence-corrected chi connectivity index (χ0v) is 21.4. The number of nitrogens with zero attached hydrogens (tertiary/aromatic N) is 1. The minimum atomic E-state index is -0.344. The van der Waals surface area contributed by atoms with Crippen molar-refractivity contribution in [3.63, 3.8) is 0 Å². The van der Waals surface area contributed by atoms with Gasteiger partial charge in [-0.1, -0.05) is 30.3 Å². The fraction of sp³-hybridized carbons (Fsp3) is 0.310. The van der Waals surface area contributed by atoms with Crippen molar-refractivity contribution >= 4 is 23.2 Å². The molecule has 0 aliphatic carbocycles. The minimum Gasteiger partial charge on any atom is -0.490 e. The van der Waals surface area contributed by atoms with Crippen LogP contribution < -0.4 is 29.2 Å². The summed E-state index contributed by atoms with van der Waals surface area (Å²) in [6.07, 6.45) is 0.704. The van der Waals surface area contributed by atoms with Gasteiger partial charge < -0.3 is 29.2 Å². The van der Waals surface area contributed by atoms with Gasteiger partial charge in [0.15, 0.2) is 18.1 Å². The molecule has 0 spiro atoms. The van der Waals surface area contributed by atoms with Gasteiger partial charge in [-0.15, -0.1) is 0 Å². The zero-order valence-electron chi connectivity index (χ0n) is 21.4. The van der Waals surface area contributed by atoms with E-state index >= 15 is 0 Å². The molecule has 0 aromatic heterocycles. The summed E-state index contributed by atoms with van der Waals surface area (Å²) in [6.45, 7) is 7.35. The summed E-state index contributed by atoms with van der Waals surface area (Å²) in [6, 6.07) is 18.6. The highest BCUT2D eigenvalue weighted by Crippen LogP contribution is 2.40. The standard InChI is InChI=1S/C29H32N2O6/c1-4-34-25-16-21(17-26(35-5-2)28(25)36-6-3)29(33)30-22-12-13-24-23(18-22)31(27(32)19-37-24)15-14-20-10-8-7-9-11-20/h7-13,16-18H,4-6,14-15,19H2,1-3H3,(H,30,33). The highest BCUT2D eigenvalue weighted by atomic mass is 16.5. The number of benzene rings is 3. The van der Waals surface area contributed by atoms with E-state index in [4.69, 9.17) is 18.9 Å². The molecule has 3 aromatic carbocycles. The summed E-state index contributed by atoms with van der Waals surface area (Å²) < 4.78 is 22.8. The molecule has 0 fully saturated rings. The van der Waals surface area contributed by atoms with Crippen molar-refractivity contribution < 1.29 is 28.5 Å². The lowest BCUT2D eigenvalue weighted by atomic mass is 10.1. The van der Waals surface area contributed by atoms with Crippen molar-refractivity contribution in [2.24, 2.45) is 0 Å². The predicted molar refractivity (Wildman–Crippen MR) is 142 cm³/mol. The van der Waals surface area contributed by atoms with Crippen LogP contribution in [0.1, 0.15) is 36.7 Å². The van der Waals surface area contributed by atoms with Crippen LogP contribution in [0.3, 0.4) is 0 Å². The maximum atomic E-state index is 13.2. The molecule has 0 bridgehead atoms. The molecule has 1 aliphatic heterocycles. The summed E-state index contributed by atoms with van der Waals surface area (Å²) >= 11 is 0. The van der Waals surface area contributed by atoms with Crippen molar-refractivity contribution in [2.75, 3.05) is 43.2 Å². The molecule has 2 amide bonds. The number of carbonyl (C=O) groups is 2. The van der Waals surface area contributed by atoms with Crippen molar-refractivity contribution in [1.29, 1.82) is 0 Å². The van der Waals surface area contributed by atoms with Crippen molar-refractivity contribution in [3.05, 3.63) is 71.8 Å². The Morgan fingerprint density at radius 2 is 1.59 bits per heavy atom. The average Bonchev–Trinajstić information content (AvgIpc) is 2.90. The minimum absolute atomic E-state index is 0.0138. The van der Waals surface area contributed by atoms with E-state index in [1.54, 1.807) is 35.2 Å². The van der Waals surface area contributed by atoms with Gasteiger partial charge in [-0.05, 0) is 63.1 Å². The van der Waals surface area contributed by atoms with Crippen LogP contribution in [0.25, 0.3) is 0 Å². The Balaban J connectivity index is 1.58. The van der Waals surface area contributed by atoms with Crippen LogP contribution in [-0.2, 0) is 11.2 Å². The first kappa shape index (κ1) is 25.9. The van der Waals surface area contributed by atoms with Crippen molar-refractivity contribution in [3.8, 4) is 23.0 Å². The maximum absolute atomic E-state index is 13.2. The van der Waals surface area contributed by atoms with Gasteiger partial charge in [0.05, 0.1) is 25.5 Å². The third-order valence-electron chi connectivity index (χ3n) is 5.80. The van der Waals surface area contributed by atoms with Gasteiger partial charge in [0.1, 0.15) is 5.75 Å². The monoisotopic (exact) mass is 504 g/mol. The van der Waals surface area contributed by atoms with E-state index in [1.807, 2.05) is 51.1 Å². The molecule has 1 N–H and O–H groups in total. The van der Waals surface area contributed by atoms with E-state index in [1.165, 1.54) is 0 Å². The second-order valence-electron chi connectivity index (χ2n) is 8.31. The Kier molecular flexibility index (Phi) is 8.51. The van der Waals surface area contributed by atoms with Crippen molar-refractivity contribution in [1.82, 2.24) is 0 Å². The quantitative estimate of drug-likeness (QED) is 0.391. The van der Waals surface area contributed by atoms with Crippen LogP contribution in [0, 0.1) is 0 Å². The number of anilines is 2. The summed E-state index contributed by atoms with van der Waals surface area (Å²) in [4.78, 5) is 27.6. The molecule has 0 saturated carbocycles. The molecular weight excluding hydrogens is 472 g/mol. The van der Waals surface area contributed by atoms with E-state index in [0.29, 0.717) is 72.7 Å².